The first-order chi connectivity index (χ1) is 16.8. The zero-order valence-corrected chi connectivity index (χ0v) is 20.4. The van der Waals surface area contributed by atoms with E-state index >= 15 is 0 Å². The molecule has 1 aliphatic rings. The van der Waals surface area contributed by atoms with Crippen molar-refractivity contribution in [3.63, 3.8) is 0 Å². The van der Waals surface area contributed by atoms with Gasteiger partial charge in [-0.15, -0.1) is 0 Å². The van der Waals surface area contributed by atoms with Gasteiger partial charge in [-0.1, -0.05) is 32.9 Å². The van der Waals surface area contributed by atoms with Crippen LogP contribution in [0.4, 0.5) is 32.3 Å². The van der Waals surface area contributed by atoms with Crippen molar-refractivity contribution in [2.45, 2.75) is 46.1 Å². The van der Waals surface area contributed by atoms with Crippen molar-refractivity contribution in [3.8, 4) is 0 Å². The van der Waals surface area contributed by atoms with E-state index in [4.69, 9.17) is 0 Å². The molecule has 0 unspecified atom stereocenters. The normalized spacial score (nSPS) is 20.6. The van der Waals surface area contributed by atoms with Gasteiger partial charge in [-0.2, -0.15) is 0 Å². The van der Waals surface area contributed by atoms with Crippen LogP contribution in [0.3, 0.4) is 0 Å². The van der Waals surface area contributed by atoms with Crippen LogP contribution in [0.2, 0.25) is 0 Å². The lowest BCUT2D eigenvalue weighted by Gasteiger charge is -2.46. The van der Waals surface area contributed by atoms with Crippen LogP contribution in [0.1, 0.15) is 40.0 Å². The van der Waals surface area contributed by atoms with Gasteiger partial charge in [-0.3, -0.25) is 20.2 Å². The quantitative estimate of drug-likeness (QED) is 0.308. The van der Waals surface area contributed by atoms with E-state index in [-0.39, 0.29) is 28.2 Å². The first-order valence-corrected chi connectivity index (χ1v) is 11.5. The van der Waals surface area contributed by atoms with E-state index in [1.165, 1.54) is 36.4 Å². The molecular formula is C24H30N6O6. The third-order valence-corrected chi connectivity index (χ3v) is 6.08. The van der Waals surface area contributed by atoms with E-state index in [1.54, 1.807) is 12.1 Å². The van der Waals surface area contributed by atoms with Crippen LogP contribution < -0.4 is 21.3 Å². The number of amides is 4. The van der Waals surface area contributed by atoms with Crippen LogP contribution in [0.25, 0.3) is 0 Å². The van der Waals surface area contributed by atoms with Crippen LogP contribution in [-0.4, -0.2) is 34.5 Å². The number of hydrogen-bond acceptors (Lipinski definition) is 6. The Bertz CT molecular complexity index is 1170. The van der Waals surface area contributed by atoms with Crippen LogP contribution in [0.5, 0.6) is 0 Å². The molecule has 36 heavy (non-hydrogen) atoms. The Morgan fingerprint density at radius 1 is 0.889 bits per heavy atom. The average molecular weight is 499 g/mol. The van der Waals surface area contributed by atoms with Crippen molar-refractivity contribution in [2.75, 3.05) is 17.2 Å². The van der Waals surface area contributed by atoms with Crippen LogP contribution in [-0.2, 0) is 0 Å². The number of nitrogens with one attached hydrogen (secondary N) is 4. The Morgan fingerprint density at radius 2 is 1.42 bits per heavy atom. The van der Waals surface area contributed by atoms with E-state index < -0.39 is 21.9 Å². The number of urea groups is 2. The topological polar surface area (TPSA) is 169 Å². The number of benzene rings is 2. The predicted molar refractivity (Wildman–Crippen MR) is 135 cm³/mol. The van der Waals surface area contributed by atoms with E-state index in [9.17, 15) is 29.8 Å². The lowest BCUT2D eigenvalue weighted by atomic mass is 9.62. The minimum Gasteiger partial charge on any atom is -0.337 e. The summed E-state index contributed by atoms with van der Waals surface area (Å²) in [5, 5.41) is 33.0. The minimum absolute atomic E-state index is 0.116. The van der Waals surface area contributed by atoms with Gasteiger partial charge in [0.25, 0.3) is 11.4 Å². The summed E-state index contributed by atoms with van der Waals surface area (Å²) in [4.78, 5) is 45.9. The van der Waals surface area contributed by atoms with Crippen molar-refractivity contribution < 1.29 is 19.4 Å². The number of hydrogen-bond donors (Lipinski definition) is 4. The molecule has 2 atom stereocenters. The van der Waals surface area contributed by atoms with Crippen molar-refractivity contribution in [2.24, 2.45) is 10.8 Å². The maximum Gasteiger partial charge on any atom is 0.319 e. The molecule has 4 N–H and O–H groups in total. The monoisotopic (exact) mass is 498 g/mol. The van der Waals surface area contributed by atoms with Crippen molar-refractivity contribution in [1.82, 2.24) is 10.6 Å². The van der Waals surface area contributed by atoms with E-state index in [0.717, 1.165) is 12.8 Å². The highest BCUT2D eigenvalue weighted by Gasteiger charge is 2.42. The van der Waals surface area contributed by atoms with Crippen LogP contribution in [0.15, 0.2) is 48.5 Å². The molecular weight excluding hydrogens is 468 g/mol. The van der Waals surface area contributed by atoms with Crippen molar-refractivity contribution in [1.29, 1.82) is 0 Å². The molecule has 0 bridgehead atoms. The zero-order valence-electron chi connectivity index (χ0n) is 20.4. The Balaban J connectivity index is 1.58. The maximum atomic E-state index is 12.6. The average Bonchev–Trinajstić information content (AvgIpc) is 2.76. The maximum absolute atomic E-state index is 12.6. The summed E-state index contributed by atoms with van der Waals surface area (Å²) in [5.74, 6) is 0. The molecule has 4 amide bonds. The Morgan fingerprint density at radius 3 is 1.94 bits per heavy atom. The summed E-state index contributed by atoms with van der Waals surface area (Å²) in [6.07, 6.45) is 2.14. The standard InChI is InChI=1S/C24H30N6O6/c1-23(2)12-18(28-22(32)27-17-7-5-9-20(11-17)30(35)36)13-24(3,14-23)15-25-21(31)26-16-6-4-8-19(10-16)29(33)34/h4-11,18H,12-15H2,1-3H3,(H2,25,26,31)(H2,27,28,32)/t18-,24-/m0/s1. The van der Waals surface area contributed by atoms with Gasteiger partial charge < -0.3 is 21.3 Å². The lowest BCUT2D eigenvalue weighted by molar-refractivity contribution is -0.385. The lowest BCUT2D eigenvalue weighted by Crippen LogP contribution is -2.51. The number of nitrogens with zero attached hydrogens (tertiary/aromatic N) is 2. The molecule has 0 aliphatic heterocycles. The zero-order chi connectivity index (χ0) is 26.5. The molecule has 12 heteroatoms. The second-order valence-electron chi connectivity index (χ2n) is 10.3. The molecule has 2 aromatic carbocycles. The number of nitro groups is 2. The van der Waals surface area contributed by atoms with Gasteiger partial charge in [0, 0.05) is 48.2 Å². The molecule has 1 aliphatic carbocycles. The second kappa shape index (κ2) is 10.6. The summed E-state index contributed by atoms with van der Waals surface area (Å²) in [6.45, 7) is 6.57. The first-order valence-electron chi connectivity index (χ1n) is 11.5. The highest BCUT2D eigenvalue weighted by atomic mass is 16.6. The summed E-state index contributed by atoms with van der Waals surface area (Å²) < 4.78 is 0. The Labute approximate surface area is 208 Å². The number of non-ortho nitro benzene ring substituents is 2. The van der Waals surface area contributed by atoms with Crippen LogP contribution >= 0.6 is 0 Å². The number of carbonyl (C=O) groups excluding carboxylic acids is 2. The smallest absolute Gasteiger partial charge is 0.319 e. The van der Waals surface area contributed by atoms with Gasteiger partial charge >= 0.3 is 12.1 Å². The van der Waals surface area contributed by atoms with Crippen molar-refractivity contribution in [3.05, 3.63) is 68.8 Å². The van der Waals surface area contributed by atoms with E-state index in [1.807, 2.05) is 6.92 Å². The second-order valence-corrected chi connectivity index (χ2v) is 10.3. The molecule has 0 saturated heterocycles. The van der Waals surface area contributed by atoms with Crippen LogP contribution in [0, 0.1) is 31.1 Å². The number of rotatable bonds is 7. The minimum atomic E-state index is -0.531. The Kier molecular flexibility index (Phi) is 7.76. The molecule has 0 aromatic heterocycles. The summed E-state index contributed by atoms with van der Waals surface area (Å²) >= 11 is 0. The van der Waals surface area contributed by atoms with Crippen molar-refractivity contribution >= 4 is 34.8 Å². The molecule has 0 radical (unpaired) electrons. The molecule has 2 aromatic rings. The summed E-state index contributed by atoms with van der Waals surface area (Å²) in [6, 6.07) is 10.3. The third kappa shape index (κ3) is 7.39. The largest absolute Gasteiger partial charge is 0.337 e. The van der Waals surface area contributed by atoms with Gasteiger partial charge in [0.15, 0.2) is 0 Å². The molecule has 192 valence electrons. The fourth-order valence-electron chi connectivity index (χ4n) is 5.09. The van der Waals surface area contributed by atoms with Gasteiger partial charge in [0.05, 0.1) is 9.85 Å². The van der Waals surface area contributed by atoms with Gasteiger partial charge in [-0.25, -0.2) is 9.59 Å². The first kappa shape index (κ1) is 26.4. The molecule has 1 saturated carbocycles. The molecule has 0 heterocycles. The third-order valence-electron chi connectivity index (χ3n) is 6.08. The summed E-state index contributed by atoms with van der Waals surface area (Å²) in [7, 11) is 0. The highest BCUT2D eigenvalue weighted by Crippen LogP contribution is 2.45. The van der Waals surface area contributed by atoms with E-state index in [0.29, 0.717) is 24.3 Å². The number of carbonyl (C=O) groups is 2. The van der Waals surface area contributed by atoms with Gasteiger partial charge in [0.1, 0.15) is 0 Å². The Hall–Kier alpha value is -4.22. The fraction of sp³-hybridized carbons (Fsp3) is 0.417. The molecule has 3 rings (SSSR count). The number of nitro benzene ring substituents is 2. The SMILES string of the molecule is CC1(C)C[C@H](NC(=O)Nc2cccc([N+](=O)[O-])c2)C[C@](C)(CNC(=O)Nc2cccc([N+](=O)[O-])c2)C1. The summed E-state index contributed by atoms with van der Waals surface area (Å²) in [5.41, 5.74) is -0.0492. The van der Waals surface area contributed by atoms with Gasteiger partial charge in [-0.05, 0) is 42.2 Å². The molecule has 12 nitrogen and oxygen atoms in total. The fourth-order valence-corrected chi connectivity index (χ4v) is 5.09. The van der Waals surface area contributed by atoms with Gasteiger partial charge in [0.2, 0.25) is 0 Å². The molecule has 1 fully saturated rings. The van der Waals surface area contributed by atoms with E-state index in [2.05, 4.69) is 35.1 Å². The number of anilines is 2. The predicted octanol–water partition coefficient (Wildman–Crippen LogP) is 5.03. The molecule has 0 spiro atoms. The highest BCUT2D eigenvalue weighted by molar-refractivity contribution is 5.90.